The minimum Gasteiger partial charge on any atom is -0.481 e. The van der Waals surface area contributed by atoms with Gasteiger partial charge in [-0.1, -0.05) is 46.3 Å². The summed E-state index contributed by atoms with van der Waals surface area (Å²) >= 11 is 5.16. The fourth-order valence-electron chi connectivity index (χ4n) is 2.29. The standard InChI is InChI=1S/C19H17BrN2O2S/c1-23-16-12-17(24-2)22-19(21-16)18(13-6-4-3-5-7-13)25-15-10-8-14(20)9-11-15/h3-12,18H,1-2H3. The van der Waals surface area contributed by atoms with E-state index in [2.05, 4.69) is 50.2 Å². The average molecular weight is 417 g/mol. The lowest BCUT2D eigenvalue weighted by Gasteiger charge is -2.17. The Bertz CT molecular complexity index is 806. The molecule has 0 aliphatic rings. The number of aromatic nitrogens is 2. The Labute approximate surface area is 159 Å². The van der Waals surface area contributed by atoms with Crippen molar-refractivity contribution < 1.29 is 9.47 Å². The summed E-state index contributed by atoms with van der Waals surface area (Å²) < 4.78 is 11.7. The van der Waals surface area contributed by atoms with Crippen molar-refractivity contribution in [2.45, 2.75) is 10.1 Å². The molecule has 1 heterocycles. The lowest BCUT2D eigenvalue weighted by Crippen LogP contribution is -2.06. The van der Waals surface area contributed by atoms with Gasteiger partial charge in [0.2, 0.25) is 11.8 Å². The quantitative estimate of drug-likeness (QED) is 0.520. The minimum absolute atomic E-state index is 0.0774. The third kappa shape index (κ3) is 4.52. The molecule has 0 radical (unpaired) electrons. The Morgan fingerprint density at radius 1 is 0.880 bits per heavy atom. The molecule has 0 aliphatic carbocycles. The van der Waals surface area contributed by atoms with Crippen molar-refractivity contribution in [1.29, 1.82) is 0 Å². The first-order chi connectivity index (χ1) is 12.2. The van der Waals surface area contributed by atoms with Gasteiger partial charge in [-0.3, -0.25) is 0 Å². The van der Waals surface area contributed by atoms with Crippen molar-refractivity contribution >= 4 is 27.7 Å². The number of rotatable bonds is 6. The average Bonchev–Trinajstić information content (AvgIpc) is 2.67. The molecule has 1 aromatic heterocycles. The Hall–Kier alpha value is -2.05. The molecule has 2 aromatic carbocycles. The predicted octanol–water partition coefficient (Wildman–Crippen LogP) is 5.14. The van der Waals surface area contributed by atoms with Gasteiger partial charge in [-0.05, 0) is 29.8 Å². The summed E-state index contributed by atoms with van der Waals surface area (Å²) in [5.74, 6) is 1.62. The molecule has 0 fully saturated rings. The van der Waals surface area contributed by atoms with Crippen LogP contribution in [0.15, 0.2) is 70.0 Å². The summed E-state index contributed by atoms with van der Waals surface area (Å²) in [5, 5.41) is -0.0774. The molecule has 25 heavy (non-hydrogen) atoms. The van der Waals surface area contributed by atoms with Crippen LogP contribution >= 0.6 is 27.7 Å². The van der Waals surface area contributed by atoms with E-state index < -0.39 is 0 Å². The Morgan fingerprint density at radius 2 is 1.48 bits per heavy atom. The molecule has 0 saturated carbocycles. The number of methoxy groups -OCH3 is 2. The summed E-state index contributed by atoms with van der Waals surface area (Å²) in [4.78, 5) is 10.2. The van der Waals surface area contributed by atoms with E-state index >= 15 is 0 Å². The van der Waals surface area contributed by atoms with Gasteiger partial charge in [0.25, 0.3) is 0 Å². The maximum Gasteiger partial charge on any atom is 0.220 e. The van der Waals surface area contributed by atoms with E-state index in [-0.39, 0.29) is 5.25 Å². The summed E-state index contributed by atoms with van der Waals surface area (Å²) in [7, 11) is 3.18. The molecule has 3 rings (SSSR count). The zero-order chi connectivity index (χ0) is 17.6. The number of nitrogens with zero attached hydrogens (tertiary/aromatic N) is 2. The fraction of sp³-hybridized carbons (Fsp3) is 0.158. The monoisotopic (exact) mass is 416 g/mol. The fourth-order valence-corrected chi connectivity index (χ4v) is 3.63. The van der Waals surface area contributed by atoms with Crippen molar-refractivity contribution in [1.82, 2.24) is 9.97 Å². The van der Waals surface area contributed by atoms with Gasteiger partial charge in [0, 0.05) is 9.37 Å². The molecule has 0 aliphatic heterocycles. The van der Waals surface area contributed by atoms with Crippen LogP contribution in [0.25, 0.3) is 0 Å². The first kappa shape index (κ1) is 17.8. The molecular weight excluding hydrogens is 400 g/mol. The summed E-state index contributed by atoms with van der Waals surface area (Å²) in [5.41, 5.74) is 1.12. The molecular formula is C19H17BrN2O2S. The van der Waals surface area contributed by atoms with E-state index in [1.54, 1.807) is 32.0 Å². The second kappa shape index (κ2) is 8.36. The molecule has 4 nitrogen and oxygen atoms in total. The maximum atomic E-state index is 5.30. The number of ether oxygens (including phenoxy) is 2. The number of hydrogen-bond donors (Lipinski definition) is 0. The minimum atomic E-state index is -0.0774. The van der Waals surface area contributed by atoms with Crippen LogP contribution in [0, 0.1) is 0 Å². The highest BCUT2D eigenvalue weighted by molar-refractivity contribution is 9.10. The van der Waals surface area contributed by atoms with Gasteiger partial charge in [-0.2, -0.15) is 9.97 Å². The van der Waals surface area contributed by atoms with E-state index in [0.29, 0.717) is 17.6 Å². The molecule has 1 unspecified atom stereocenters. The van der Waals surface area contributed by atoms with E-state index in [1.807, 2.05) is 30.3 Å². The Morgan fingerprint density at radius 3 is 2.04 bits per heavy atom. The molecule has 0 bridgehead atoms. The summed E-state index contributed by atoms with van der Waals surface area (Å²) in [6.45, 7) is 0. The molecule has 0 saturated heterocycles. The van der Waals surface area contributed by atoms with E-state index in [4.69, 9.17) is 9.47 Å². The SMILES string of the molecule is COc1cc(OC)nc(C(Sc2ccc(Br)cc2)c2ccccc2)n1. The third-order valence-electron chi connectivity index (χ3n) is 3.52. The largest absolute Gasteiger partial charge is 0.481 e. The Balaban J connectivity index is 2.03. The van der Waals surface area contributed by atoms with Crippen LogP contribution in [0.4, 0.5) is 0 Å². The van der Waals surface area contributed by atoms with Gasteiger partial charge in [-0.15, -0.1) is 11.8 Å². The van der Waals surface area contributed by atoms with Gasteiger partial charge < -0.3 is 9.47 Å². The number of benzene rings is 2. The number of thioether (sulfide) groups is 1. The zero-order valence-electron chi connectivity index (χ0n) is 13.8. The number of halogens is 1. The van der Waals surface area contributed by atoms with Crippen molar-refractivity contribution in [3.8, 4) is 11.8 Å². The molecule has 3 aromatic rings. The normalized spacial score (nSPS) is 11.8. The van der Waals surface area contributed by atoms with Crippen LogP contribution in [-0.2, 0) is 0 Å². The van der Waals surface area contributed by atoms with Crippen LogP contribution in [-0.4, -0.2) is 24.2 Å². The first-order valence-electron chi connectivity index (χ1n) is 7.63. The van der Waals surface area contributed by atoms with Crippen LogP contribution in [0.1, 0.15) is 16.6 Å². The zero-order valence-corrected chi connectivity index (χ0v) is 16.3. The second-order valence-corrected chi connectivity index (χ2v) is 7.27. The van der Waals surface area contributed by atoms with Gasteiger partial charge in [0.15, 0.2) is 5.82 Å². The predicted molar refractivity (Wildman–Crippen MR) is 103 cm³/mol. The molecule has 6 heteroatoms. The lowest BCUT2D eigenvalue weighted by molar-refractivity contribution is 0.368. The highest BCUT2D eigenvalue weighted by atomic mass is 79.9. The van der Waals surface area contributed by atoms with Crippen LogP contribution in [0.5, 0.6) is 11.8 Å². The molecule has 0 N–H and O–H groups in total. The van der Waals surface area contributed by atoms with Crippen LogP contribution < -0.4 is 9.47 Å². The summed E-state index contributed by atoms with van der Waals surface area (Å²) in [6.07, 6.45) is 0. The maximum absolute atomic E-state index is 5.30. The van der Waals surface area contributed by atoms with Gasteiger partial charge >= 0.3 is 0 Å². The van der Waals surface area contributed by atoms with Crippen molar-refractivity contribution in [2.24, 2.45) is 0 Å². The van der Waals surface area contributed by atoms with Crippen molar-refractivity contribution in [3.05, 3.63) is 76.5 Å². The van der Waals surface area contributed by atoms with E-state index in [0.717, 1.165) is 14.9 Å². The van der Waals surface area contributed by atoms with Crippen molar-refractivity contribution in [2.75, 3.05) is 14.2 Å². The van der Waals surface area contributed by atoms with Crippen LogP contribution in [0.2, 0.25) is 0 Å². The first-order valence-corrected chi connectivity index (χ1v) is 9.31. The molecule has 128 valence electrons. The molecule has 0 spiro atoms. The van der Waals surface area contributed by atoms with Crippen molar-refractivity contribution in [3.63, 3.8) is 0 Å². The van der Waals surface area contributed by atoms with Crippen LogP contribution in [0.3, 0.4) is 0 Å². The lowest BCUT2D eigenvalue weighted by atomic mass is 10.1. The highest BCUT2D eigenvalue weighted by Gasteiger charge is 2.21. The summed E-state index contributed by atoms with van der Waals surface area (Å²) in [6, 6.07) is 20.0. The topological polar surface area (TPSA) is 44.2 Å². The third-order valence-corrected chi connectivity index (χ3v) is 5.31. The highest BCUT2D eigenvalue weighted by Crippen LogP contribution is 2.40. The Kier molecular flexibility index (Phi) is 5.94. The second-order valence-electron chi connectivity index (χ2n) is 5.17. The number of hydrogen-bond acceptors (Lipinski definition) is 5. The smallest absolute Gasteiger partial charge is 0.220 e. The molecule has 1 atom stereocenters. The molecule has 0 amide bonds. The van der Waals surface area contributed by atoms with Gasteiger partial charge in [0.1, 0.15) is 0 Å². The van der Waals surface area contributed by atoms with E-state index in [1.165, 1.54) is 0 Å². The van der Waals surface area contributed by atoms with Gasteiger partial charge in [0.05, 0.1) is 25.5 Å². The van der Waals surface area contributed by atoms with E-state index in [9.17, 15) is 0 Å². The van der Waals surface area contributed by atoms with Gasteiger partial charge in [-0.25, -0.2) is 0 Å².